The Labute approximate surface area is 172 Å². The van der Waals surface area contributed by atoms with Gasteiger partial charge in [0.2, 0.25) is 0 Å². The molecule has 2 bridgehead atoms. The second-order valence-electron chi connectivity index (χ2n) is 8.31. The maximum Gasteiger partial charge on any atom is 0.159 e. The van der Waals surface area contributed by atoms with E-state index in [1.807, 2.05) is 37.8 Å². The summed E-state index contributed by atoms with van der Waals surface area (Å²) in [7, 11) is 1.90. The lowest BCUT2D eigenvalue weighted by Crippen LogP contribution is -2.47. The average molecular weight is 408 g/mol. The van der Waals surface area contributed by atoms with E-state index in [1.165, 1.54) is 12.8 Å². The van der Waals surface area contributed by atoms with E-state index in [9.17, 15) is 0 Å². The van der Waals surface area contributed by atoms with Gasteiger partial charge in [-0.15, -0.1) is 0 Å². The third-order valence-corrected chi connectivity index (χ3v) is 6.84. The third kappa shape index (κ3) is 2.57. The molecule has 2 saturated heterocycles. The summed E-state index contributed by atoms with van der Waals surface area (Å²) in [5.74, 6) is 0.944. The number of H-pyrrole nitrogens is 1. The zero-order valence-electron chi connectivity index (χ0n) is 16.1. The number of fused-ring (bicyclic) bond motifs is 4. The highest BCUT2D eigenvalue weighted by atomic mass is 35.5. The number of rotatable bonds is 2. The lowest BCUT2D eigenvalue weighted by atomic mass is 9.98. The number of aromatic amines is 1. The van der Waals surface area contributed by atoms with Gasteiger partial charge in [-0.1, -0.05) is 17.7 Å². The Kier molecular flexibility index (Phi) is 3.67. The van der Waals surface area contributed by atoms with Crippen LogP contribution in [0.5, 0.6) is 0 Å². The van der Waals surface area contributed by atoms with Crippen molar-refractivity contribution in [3.05, 3.63) is 35.7 Å². The number of nitrogens with two attached hydrogens (primary N) is 1. The van der Waals surface area contributed by atoms with E-state index in [0.29, 0.717) is 23.1 Å². The normalized spacial score (nSPS) is 24.1. The van der Waals surface area contributed by atoms with E-state index in [0.717, 1.165) is 51.9 Å². The van der Waals surface area contributed by atoms with E-state index < -0.39 is 0 Å². The summed E-state index contributed by atoms with van der Waals surface area (Å²) in [5, 5.41) is 6.05. The highest BCUT2D eigenvalue weighted by Gasteiger charge is 2.40. The highest BCUT2D eigenvalue weighted by molar-refractivity contribution is 6.38. The minimum Gasteiger partial charge on any atom is -0.349 e. The van der Waals surface area contributed by atoms with Crippen molar-refractivity contribution in [2.45, 2.75) is 43.8 Å². The van der Waals surface area contributed by atoms with Crippen molar-refractivity contribution >= 4 is 39.5 Å². The summed E-state index contributed by atoms with van der Waals surface area (Å²) < 4.78 is 1.78. The molecule has 0 amide bonds. The molecule has 3 atom stereocenters. The van der Waals surface area contributed by atoms with Crippen LogP contribution in [0.25, 0.3) is 33.2 Å². The molecule has 6 rings (SSSR count). The quantitative estimate of drug-likeness (QED) is 0.529. The van der Waals surface area contributed by atoms with Crippen molar-refractivity contribution in [2.75, 3.05) is 4.90 Å². The molecule has 0 aliphatic carbocycles. The second-order valence-corrected chi connectivity index (χ2v) is 8.69. The first kappa shape index (κ1) is 17.2. The summed E-state index contributed by atoms with van der Waals surface area (Å²) in [6.07, 6.45) is 10.2. The van der Waals surface area contributed by atoms with Gasteiger partial charge < -0.3 is 15.6 Å². The molecular weight excluding hydrogens is 386 g/mol. The number of anilines is 1. The fraction of sp³-hybridized carbons (Fsp3) is 0.381. The summed E-state index contributed by atoms with van der Waals surface area (Å²) >= 11 is 6.72. The lowest BCUT2D eigenvalue weighted by Gasteiger charge is -2.38. The zero-order valence-corrected chi connectivity index (χ0v) is 16.9. The molecule has 4 aromatic rings. The van der Waals surface area contributed by atoms with Crippen molar-refractivity contribution in [1.82, 2.24) is 24.7 Å². The molecule has 0 radical (unpaired) electrons. The highest BCUT2D eigenvalue weighted by Crippen LogP contribution is 2.40. The number of piperidine rings is 1. The predicted octanol–water partition coefficient (Wildman–Crippen LogP) is 3.62. The number of hydrogen-bond donors (Lipinski definition) is 2. The van der Waals surface area contributed by atoms with Crippen LogP contribution in [0.15, 0.2) is 30.7 Å². The van der Waals surface area contributed by atoms with Gasteiger partial charge in [-0.25, -0.2) is 9.97 Å². The Bertz CT molecular complexity index is 1230. The van der Waals surface area contributed by atoms with Gasteiger partial charge >= 0.3 is 0 Å². The molecule has 2 fully saturated rings. The van der Waals surface area contributed by atoms with Crippen molar-refractivity contribution in [3.63, 3.8) is 0 Å². The smallest absolute Gasteiger partial charge is 0.159 e. The van der Waals surface area contributed by atoms with Gasteiger partial charge in [0.05, 0.1) is 16.7 Å². The minimum atomic E-state index is 0.307. The zero-order chi connectivity index (χ0) is 19.7. The Morgan fingerprint density at radius 3 is 2.76 bits per heavy atom. The maximum absolute atomic E-state index is 6.72. The standard InChI is InChI=1S/C21H22ClN7/c1-28-10-16-17(27-28)5-4-14(19(16)22)15-8-25-21-20(15)24-9-18(26-21)29-12-2-3-13(29)7-11(23)6-12/h4-5,8-13H,2-3,6-7,23H2,1H3,(H,25,26)/t11-,12+,13-. The summed E-state index contributed by atoms with van der Waals surface area (Å²) in [5.41, 5.74) is 10.6. The number of benzene rings is 1. The molecule has 8 heteroatoms. The third-order valence-electron chi connectivity index (χ3n) is 6.43. The molecule has 148 valence electrons. The van der Waals surface area contributed by atoms with Gasteiger partial charge in [0, 0.05) is 54.1 Å². The Balaban J connectivity index is 1.42. The molecule has 29 heavy (non-hydrogen) atoms. The van der Waals surface area contributed by atoms with Crippen LogP contribution in [0.1, 0.15) is 25.7 Å². The van der Waals surface area contributed by atoms with Crippen LogP contribution in [0.3, 0.4) is 0 Å². The molecule has 5 heterocycles. The van der Waals surface area contributed by atoms with Crippen molar-refractivity contribution in [2.24, 2.45) is 12.8 Å². The van der Waals surface area contributed by atoms with E-state index >= 15 is 0 Å². The minimum absolute atomic E-state index is 0.307. The molecule has 2 aliphatic heterocycles. The molecule has 0 spiro atoms. The molecule has 2 aliphatic rings. The fourth-order valence-electron chi connectivity index (χ4n) is 5.20. The SMILES string of the molecule is Cn1cc2c(Cl)c(-c3c[nH]c4nc(N5[C@@H]6CC[C@H]5C[C@@H](N)C6)cnc34)ccc2n1. The van der Waals surface area contributed by atoms with Crippen LogP contribution in [0.4, 0.5) is 5.82 Å². The van der Waals surface area contributed by atoms with Crippen molar-refractivity contribution in [3.8, 4) is 11.1 Å². The van der Waals surface area contributed by atoms with E-state index in [-0.39, 0.29) is 0 Å². The molecule has 3 N–H and O–H groups in total. The fourth-order valence-corrected chi connectivity index (χ4v) is 5.51. The number of halogens is 1. The van der Waals surface area contributed by atoms with Gasteiger partial charge in [0.25, 0.3) is 0 Å². The Morgan fingerprint density at radius 2 is 1.97 bits per heavy atom. The molecule has 7 nitrogen and oxygen atoms in total. The van der Waals surface area contributed by atoms with Crippen LogP contribution in [0.2, 0.25) is 5.02 Å². The molecular formula is C21H22ClN7. The summed E-state index contributed by atoms with van der Waals surface area (Å²) in [6, 6.07) is 5.26. The van der Waals surface area contributed by atoms with Gasteiger partial charge in [-0.3, -0.25) is 4.68 Å². The molecule has 1 aromatic carbocycles. The van der Waals surface area contributed by atoms with Crippen LogP contribution in [-0.2, 0) is 7.05 Å². The van der Waals surface area contributed by atoms with E-state index in [4.69, 9.17) is 27.3 Å². The van der Waals surface area contributed by atoms with Gasteiger partial charge in [-0.05, 0) is 31.7 Å². The van der Waals surface area contributed by atoms with Crippen LogP contribution in [0, 0.1) is 0 Å². The first-order valence-corrected chi connectivity index (χ1v) is 10.5. The largest absolute Gasteiger partial charge is 0.349 e. The van der Waals surface area contributed by atoms with Gasteiger partial charge in [0.1, 0.15) is 11.3 Å². The first-order chi connectivity index (χ1) is 14.1. The number of nitrogens with one attached hydrogen (secondary N) is 1. The van der Waals surface area contributed by atoms with Gasteiger partial charge in [-0.2, -0.15) is 5.10 Å². The number of hydrogen-bond acceptors (Lipinski definition) is 5. The number of aryl methyl sites for hydroxylation is 1. The molecule has 3 aromatic heterocycles. The van der Waals surface area contributed by atoms with Crippen LogP contribution >= 0.6 is 11.6 Å². The van der Waals surface area contributed by atoms with Crippen molar-refractivity contribution in [1.29, 1.82) is 0 Å². The predicted molar refractivity (Wildman–Crippen MR) is 115 cm³/mol. The Hall–Kier alpha value is -2.64. The second kappa shape index (κ2) is 6.18. The number of nitrogens with zero attached hydrogens (tertiary/aromatic N) is 5. The average Bonchev–Trinajstić information content (AvgIpc) is 3.36. The topological polar surface area (TPSA) is 88.7 Å². The van der Waals surface area contributed by atoms with Crippen LogP contribution in [-0.4, -0.2) is 42.9 Å². The Morgan fingerprint density at radius 1 is 1.17 bits per heavy atom. The van der Waals surface area contributed by atoms with E-state index in [1.54, 1.807) is 4.68 Å². The lowest BCUT2D eigenvalue weighted by molar-refractivity contribution is 0.412. The molecule has 0 saturated carbocycles. The number of aromatic nitrogens is 5. The van der Waals surface area contributed by atoms with Gasteiger partial charge in [0.15, 0.2) is 5.65 Å². The summed E-state index contributed by atoms with van der Waals surface area (Å²) in [6.45, 7) is 0. The molecule has 0 unspecified atom stereocenters. The van der Waals surface area contributed by atoms with Crippen LogP contribution < -0.4 is 10.6 Å². The van der Waals surface area contributed by atoms with E-state index in [2.05, 4.69) is 15.0 Å². The maximum atomic E-state index is 6.72. The monoisotopic (exact) mass is 407 g/mol. The van der Waals surface area contributed by atoms with Crippen molar-refractivity contribution < 1.29 is 0 Å². The summed E-state index contributed by atoms with van der Waals surface area (Å²) in [4.78, 5) is 15.4. The first-order valence-electron chi connectivity index (χ1n) is 10.1.